The van der Waals surface area contributed by atoms with E-state index < -0.39 is 0 Å². The summed E-state index contributed by atoms with van der Waals surface area (Å²) >= 11 is 5.74. The monoisotopic (exact) mass is 418 g/mol. The first-order valence-corrected chi connectivity index (χ1v) is 11.1. The van der Waals surface area contributed by atoms with E-state index in [4.69, 9.17) is 12.2 Å². The molecule has 0 aliphatic heterocycles. The lowest BCUT2D eigenvalue weighted by Crippen LogP contribution is -2.39. The van der Waals surface area contributed by atoms with Crippen molar-refractivity contribution in [1.29, 1.82) is 0 Å². The SMILES string of the molecule is Cc1ccc(NC(=S)C2=C(NC3Cc4ccccc4C3)CC(C)(C)CC2=O)cc1C. The van der Waals surface area contributed by atoms with Gasteiger partial charge in [0.05, 0.1) is 5.57 Å². The highest BCUT2D eigenvalue weighted by molar-refractivity contribution is 7.81. The van der Waals surface area contributed by atoms with Crippen LogP contribution in [0.25, 0.3) is 0 Å². The number of aryl methyl sites for hydroxylation is 2. The second kappa shape index (κ2) is 7.99. The van der Waals surface area contributed by atoms with E-state index in [1.54, 1.807) is 0 Å². The quantitative estimate of drug-likeness (QED) is 0.649. The second-order valence-electron chi connectivity index (χ2n) is 9.57. The molecule has 0 heterocycles. The van der Waals surface area contributed by atoms with Crippen LogP contribution in [0.5, 0.6) is 0 Å². The third-order valence-corrected chi connectivity index (χ3v) is 6.60. The van der Waals surface area contributed by atoms with Gasteiger partial charge >= 0.3 is 0 Å². The van der Waals surface area contributed by atoms with E-state index in [1.807, 2.05) is 6.07 Å². The number of benzene rings is 2. The maximum atomic E-state index is 13.1. The molecule has 0 saturated carbocycles. The van der Waals surface area contributed by atoms with Gasteiger partial charge in [0.1, 0.15) is 4.99 Å². The number of fused-ring (bicyclic) bond motifs is 1. The fourth-order valence-electron chi connectivity index (χ4n) is 4.63. The molecule has 2 aliphatic rings. The number of rotatable bonds is 4. The number of ketones is 1. The lowest BCUT2D eigenvalue weighted by Gasteiger charge is -2.34. The van der Waals surface area contributed by atoms with Gasteiger partial charge in [0.2, 0.25) is 0 Å². The van der Waals surface area contributed by atoms with Gasteiger partial charge in [-0.05, 0) is 72.9 Å². The van der Waals surface area contributed by atoms with Gasteiger partial charge in [-0.25, -0.2) is 0 Å². The van der Waals surface area contributed by atoms with Gasteiger partial charge in [-0.1, -0.05) is 56.4 Å². The lowest BCUT2D eigenvalue weighted by atomic mass is 9.75. The van der Waals surface area contributed by atoms with Crippen LogP contribution < -0.4 is 10.6 Å². The van der Waals surface area contributed by atoms with Gasteiger partial charge in [0.15, 0.2) is 5.78 Å². The van der Waals surface area contributed by atoms with E-state index in [9.17, 15) is 4.79 Å². The summed E-state index contributed by atoms with van der Waals surface area (Å²) in [5.74, 6) is 0.130. The predicted octanol–water partition coefficient (Wildman–Crippen LogP) is 5.44. The van der Waals surface area contributed by atoms with Crippen LogP contribution >= 0.6 is 12.2 Å². The molecule has 156 valence electrons. The van der Waals surface area contributed by atoms with Crippen LogP contribution in [0.1, 0.15) is 48.9 Å². The summed E-state index contributed by atoms with van der Waals surface area (Å²) < 4.78 is 0. The molecule has 0 bridgehead atoms. The third-order valence-electron chi connectivity index (χ3n) is 6.30. The topological polar surface area (TPSA) is 41.1 Å². The first-order valence-electron chi connectivity index (χ1n) is 10.7. The molecule has 4 rings (SSSR count). The largest absolute Gasteiger partial charge is 0.384 e. The highest BCUT2D eigenvalue weighted by Crippen LogP contribution is 2.37. The Bertz CT molecular complexity index is 1030. The Labute approximate surface area is 185 Å². The average molecular weight is 419 g/mol. The zero-order valence-electron chi connectivity index (χ0n) is 18.3. The minimum atomic E-state index is -0.0650. The van der Waals surface area contributed by atoms with Crippen LogP contribution in [0.3, 0.4) is 0 Å². The number of allylic oxidation sites excluding steroid dienone is 1. The van der Waals surface area contributed by atoms with E-state index in [1.165, 1.54) is 22.3 Å². The van der Waals surface area contributed by atoms with Crippen LogP contribution in [-0.4, -0.2) is 16.8 Å². The van der Waals surface area contributed by atoms with E-state index >= 15 is 0 Å². The van der Waals surface area contributed by atoms with Crippen molar-refractivity contribution in [2.24, 2.45) is 5.41 Å². The summed E-state index contributed by atoms with van der Waals surface area (Å²) in [6, 6.07) is 15.1. The first-order chi connectivity index (χ1) is 14.2. The Morgan fingerprint density at radius 2 is 1.67 bits per heavy atom. The van der Waals surface area contributed by atoms with Crippen molar-refractivity contribution in [3.8, 4) is 0 Å². The van der Waals surface area contributed by atoms with Crippen molar-refractivity contribution >= 4 is 28.7 Å². The smallest absolute Gasteiger partial charge is 0.168 e. The number of Topliss-reactive ketones (excluding diaryl/α,β-unsaturated/α-hetero) is 1. The van der Waals surface area contributed by atoms with Gasteiger partial charge in [-0.3, -0.25) is 4.79 Å². The van der Waals surface area contributed by atoms with Gasteiger partial charge in [0, 0.05) is 23.8 Å². The van der Waals surface area contributed by atoms with Gasteiger partial charge in [-0.2, -0.15) is 0 Å². The van der Waals surface area contributed by atoms with Crippen molar-refractivity contribution in [3.05, 3.63) is 76.0 Å². The molecule has 0 amide bonds. The van der Waals surface area contributed by atoms with Crippen LogP contribution in [0.4, 0.5) is 5.69 Å². The van der Waals surface area contributed by atoms with E-state index in [-0.39, 0.29) is 11.2 Å². The Kier molecular flexibility index (Phi) is 5.54. The molecule has 3 nitrogen and oxygen atoms in total. The van der Waals surface area contributed by atoms with E-state index in [2.05, 4.69) is 74.7 Å². The Balaban J connectivity index is 1.60. The van der Waals surface area contributed by atoms with Crippen molar-refractivity contribution in [3.63, 3.8) is 0 Å². The average Bonchev–Trinajstić information content (AvgIpc) is 3.05. The van der Waals surface area contributed by atoms with Crippen LogP contribution in [0, 0.1) is 19.3 Å². The fourth-order valence-corrected chi connectivity index (χ4v) is 4.98. The molecule has 2 aromatic carbocycles. The summed E-state index contributed by atoms with van der Waals surface area (Å²) in [5, 5.41) is 7.04. The molecule has 0 saturated heterocycles. The molecule has 2 aromatic rings. The molecule has 4 heteroatoms. The Hall–Kier alpha value is -2.46. The molecule has 0 radical (unpaired) electrons. The van der Waals surface area contributed by atoms with E-state index in [0.29, 0.717) is 23.0 Å². The number of carbonyl (C=O) groups excluding carboxylic acids is 1. The number of hydrogen-bond acceptors (Lipinski definition) is 3. The van der Waals surface area contributed by atoms with Crippen LogP contribution in [-0.2, 0) is 17.6 Å². The number of anilines is 1. The zero-order valence-corrected chi connectivity index (χ0v) is 19.1. The lowest BCUT2D eigenvalue weighted by molar-refractivity contribution is -0.117. The standard InChI is InChI=1S/C26H30N2OS/c1-16-9-10-20(11-17(16)2)28-25(30)24-22(14-26(3,4)15-23(24)29)27-21-12-18-7-5-6-8-19(18)13-21/h5-11,21,27H,12-15H2,1-4H3,(H,28,30). The van der Waals surface area contributed by atoms with Gasteiger partial charge < -0.3 is 10.6 Å². The van der Waals surface area contributed by atoms with Crippen LogP contribution in [0.2, 0.25) is 0 Å². The van der Waals surface area contributed by atoms with Crippen molar-refractivity contribution < 1.29 is 4.79 Å². The number of carbonyl (C=O) groups is 1. The maximum Gasteiger partial charge on any atom is 0.168 e. The summed E-state index contributed by atoms with van der Waals surface area (Å²) in [5.41, 5.74) is 7.77. The molecule has 0 spiro atoms. The number of thiocarbonyl (C=S) groups is 1. The third kappa shape index (κ3) is 4.34. The summed E-state index contributed by atoms with van der Waals surface area (Å²) in [7, 11) is 0. The molecule has 30 heavy (non-hydrogen) atoms. The molecule has 0 atom stereocenters. The number of nitrogens with one attached hydrogen (secondary N) is 2. The van der Waals surface area contributed by atoms with Gasteiger partial charge in [0.25, 0.3) is 0 Å². The van der Waals surface area contributed by atoms with E-state index in [0.717, 1.165) is 30.6 Å². The highest BCUT2D eigenvalue weighted by atomic mass is 32.1. The first kappa shape index (κ1) is 20.8. The highest BCUT2D eigenvalue weighted by Gasteiger charge is 2.36. The second-order valence-corrected chi connectivity index (χ2v) is 9.97. The zero-order chi connectivity index (χ0) is 21.5. The van der Waals surface area contributed by atoms with Crippen LogP contribution in [0.15, 0.2) is 53.7 Å². The molecular weight excluding hydrogens is 388 g/mol. The summed E-state index contributed by atoms with van der Waals surface area (Å²) in [4.78, 5) is 13.7. The molecule has 0 aromatic heterocycles. The van der Waals surface area contributed by atoms with Crippen molar-refractivity contribution in [1.82, 2.24) is 5.32 Å². The molecular formula is C26H30N2OS. The maximum absolute atomic E-state index is 13.1. The molecule has 0 unspecified atom stereocenters. The number of hydrogen-bond donors (Lipinski definition) is 2. The Morgan fingerprint density at radius 3 is 2.30 bits per heavy atom. The Morgan fingerprint density at radius 1 is 1.00 bits per heavy atom. The molecule has 2 aliphatic carbocycles. The van der Waals surface area contributed by atoms with Crippen molar-refractivity contribution in [2.45, 2.75) is 59.4 Å². The molecule has 2 N–H and O–H groups in total. The van der Waals surface area contributed by atoms with Gasteiger partial charge in [-0.15, -0.1) is 0 Å². The summed E-state index contributed by atoms with van der Waals surface area (Å²) in [6.07, 6.45) is 3.32. The normalized spacial score (nSPS) is 18.3. The predicted molar refractivity (Wildman–Crippen MR) is 128 cm³/mol. The minimum Gasteiger partial charge on any atom is -0.384 e. The summed E-state index contributed by atoms with van der Waals surface area (Å²) in [6.45, 7) is 8.50. The minimum absolute atomic E-state index is 0.0650. The molecule has 0 fully saturated rings. The van der Waals surface area contributed by atoms with Crippen molar-refractivity contribution in [2.75, 3.05) is 5.32 Å². The fraction of sp³-hybridized carbons (Fsp3) is 0.385.